The van der Waals surface area contributed by atoms with E-state index in [1.807, 2.05) is 32.2 Å². The molecule has 7 heteroatoms. The molecule has 0 spiro atoms. The lowest BCUT2D eigenvalue weighted by atomic mass is 9.99. The van der Waals surface area contributed by atoms with Crippen LogP contribution in [0.15, 0.2) is 36.7 Å². The molecular weight excluding hydrogens is 452 g/mol. The highest BCUT2D eigenvalue weighted by Gasteiger charge is 2.34. The van der Waals surface area contributed by atoms with Crippen LogP contribution >= 0.6 is 0 Å². The first-order valence-electron chi connectivity index (χ1n) is 13.1. The second kappa shape index (κ2) is 12.3. The van der Waals surface area contributed by atoms with Gasteiger partial charge in [0.05, 0.1) is 18.3 Å². The average molecular weight is 491 g/mol. The average Bonchev–Trinajstić information content (AvgIpc) is 3.40. The van der Waals surface area contributed by atoms with Crippen LogP contribution in [0, 0.1) is 23.7 Å². The molecule has 1 N–H and O–H groups in total. The first-order chi connectivity index (χ1) is 17.4. The Balaban J connectivity index is 1.57. The van der Waals surface area contributed by atoms with Gasteiger partial charge in [0, 0.05) is 49.9 Å². The van der Waals surface area contributed by atoms with Gasteiger partial charge in [-0.3, -0.25) is 14.7 Å². The number of carbonyl (C=O) groups is 1. The van der Waals surface area contributed by atoms with E-state index < -0.39 is 0 Å². The molecule has 2 aromatic heterocycles. The van der Waals surface area contributed by atoms with Crippen molar-refractivity contribution in [3.63, 3.8) is 0 Å². The quantitative estimate of drug-likeness (QED) is 0.596. The largest absolute Gasteiger partial charge is 0.472 e. The summed E-state index contributed by atoms with van der Waals surface area (Å²) < 4.78 is 6.40. The van der Waals surface area contributed by atoms with Gasteiger partial charge in [-0.15, -0.1) is 0 Å². The Labute approximate surface area is 214 Å². The Bertz CT molecular complexity index is 1070. The summed E-state index contributed by atoms with van der Waals surface area (Å²) >= 11 is 0. The highest BCUT2D eigenvalue weighted by molar-refractivity contribution is 5.97. The molecule has 2 aromatic rings. The molecule has 4 rings (SSSR count). The van der Waals surface area contributed by atoms with Crippen LogP contribution in [0.3, 0.4) is 0 Å². The van der Waals surface area contributed by atoms with Crippen molar-refractivity contribution < 1.29 is 14.6 Å². The lowest BCUT2D eigenvalue weighted by Crippen LogP contribution is -2.49. The van der Waals surface area contributed by atoms with Crippen molar-refractivity contribution in [2.24, 2.45) is 11.8 Å². The summed E-state index contributed by atoms with van der Waals surface area (Å²) in [5.74, 6) is 7.39. The Kier molecular flexibility index (Phi) is 8.95. The highest BCUT2D eigenvalue weighted by Crippen LogP contribution is 2.28. The maximum atomic E-state index is 13.6. The van der Waals surface area contributed by atoms with Gasteiger partial charge in [0.1, 0.15) is 11.7 Å². The van der Waals surface area contributed by atoms with Gasteiger partial charge in [-0.25, -0.2) is 4.98 Å². The summed E-state index contributed by atoms with van der Waals surface area (Å²) in [6.07, 6.45) is 9.31. The van der Waals surface area contributed by atoms with E-state index >= 15 is 0 Å². The number of aliphatic hydroxyl groups excluding tert-OH is 1. The predicted molar refractivity (Wildman–Crippen MR) is 139 cm³/mol. The molecule has 1 amide bonds. The fourth-order valence-electron chi connectivity index (χ4n) is 5.04. The standard InChI is InChI=1S/C29H38N4O3/c1-21-17-33(22(2)20-34)29(35)26-15-24(12-8-11-23-9-4-5-10-23)16-31-28(26)36-27(21)19-32(3)18-25-13-6-7-14-30-25/h6-7,13-16,21-23,27,34H,4-5,9-11,17-20H2,1-3H3/t21-,22-,27+/m0/s1. The fourth-order valence-corrected chi connectivity index (χ4v) is 5.04. The van der Waals surface area contributed by atoms with Crippen molar-refractivity contribution in [2.75, 3.05) is 26.7 Å². The Morgan fingerprint density at radius 1 is 1.28 bits per heavy atom. The summed E-state index contributed by atoms with van der Waals surface area (Å²) in [4.78, 5) is 26.5. The third-order valence-electron chi connectivity index (χ3n) is 7.27. The molecule has 1 aliphatic heterocycles. The summed E-state index contributed by atoms with van der Waals surface area (Å²) in [5.41, 5.74) is 2.12. The molecule has 0 saturated heterocycles. The molecule has 0 unspecified atom stereocenters. The maximum absolute atomic E-state index is 13.6. The van der Waals surface area contributed by atoms with E-state index in [9.17, 15) is 9.90 Å². The summed E-state index contributed by atoms with van der Waals surface area (Å²) in [6, 6.07) is 7.39. The van der Waals surface area contributed by atoms with Crippen LogP contribution in [-0.4, -0.2) is 69.7 Å². The van der Waals surface area contributed by atoms with Gasteiger partial charge in [0.2, 0.25) is 5.88 Å². The van der Waals surface area contributed by atoms with E-state index in [2.05, 4.69) is 33.6 Å². The van der Waals surface area contributed by atoms with Crippen LogP contribution < -0.4 is 4.74 Å². The minimum absolute atomic E-state index is 0.0370. The van der Waals surface area contributed by atoms with Crippen molar-refractivity contribution in [2.45, 2.75) is 64.6 Å². The number of aliphatic hydroxyl groups is 1. The van der Waals surface area contributed by atoms with Crippen LogP contribution in [0.4, 0.5) is 0 Å². The van der Waals surface area contributed by atoms with E-state index in [1.54, 1.807) is 23.4 Å². The molecule has 3 heterocycles. The summed E-state index contributed by atoms with van der Waals surface area (Å²) in [5, 5.41) is 9.87. The van der Waals surface area contributed by atoms with Gasteiger partial charge in [-0.1, -0.05) is 37.7 Å². The van der Waals surface area contributed by atoms with E-state index in [1.165, 1.54) is 25.7 Å². The molecular formula is C29H38N4O3. The highest BCUT2D eigenvalue weighted by atomic mass is 16.5. The van der Waals surface area contributed by atoms with Crippen molar-refractivity contribution in [1.29, 1.82) is 0 Å². The zero-order valence-electron chi connectivity index (χ0n) is 21.7. The van der Waals surface area contributed by atoms with Crippen LogP contribution in [0.5, 0.6) is 5.88 Å². The number of amides is 1. The molecule has 1 aliphatic carbocycles. The van der Waals surface area contributed by atoms with Crippen molar-refractivity contribution in [1.82, 2.24) is 19.8 Å². The SMILES string of the molecule is C[C@H]1CN([C@@H](C)CO)C(=O)c2cc(C#CCC3CCCC3)cnc2O[C@@H]1CN(C)Cc1ccccn1. The number of aromatic nitrogens is 2. The van der Waals surface area contributed by atoms with Gasteiger partial charge in [0.25, 0.3) is 5.91 Å². The van der Waals surface area contributed by atoms with Crippen LogP contribution in [0.2, 0.25) is 0 Å². The Morgan fingerprint density at radius 2 is 2.08 bits per heavy atom. The zero-order valence-corrected chi connectivity index (χ0v) is 21.7. The molecule has 1 fully saturated rings. The maximum Gasteiger partial charge on any atom is 0.259 e. The van der Waals surface area contributed by atoms with Crippen molar-refractivity contribution in [3.05, 3.63) is 53.5 Å². The topological polar surface area (TPSA) is 78.8 Å². The number of hydrogen-bond donors (Lipinski definition) is 1. The molecule has 192 valence electrons. The third-order valence-corrected chi connectivity index (χ3v) is 7.27. The second-order valence-electron chi connectivity index (χ2n) is 10.4. The lowest BCUT2D eigenvalue weighted by molar-refractivity contribution is 0.0324. The number of rotatable bonds is 7. The molecule has 0 bridgehead atoms. The van der Waals surface area contributed by atoms with E-state index in [-0.39, 0.29) is 30.6 Å². The monoisotopic (exact) mass is 490 g/mol. The van der Waals surface area contributed by atoms with Gasteiger partial charge < -0.3 is 14.7 Å². The fraction of sp³-hybridized carbons (Fsp3) is 0.552. The van der Waals surface area contributed by atoms with Crippen LogP contribution in [0.1, 0.15) is 67.6 Å². The summed E-state index contributed by atoms with van der Waals surface area (Å²) in [6.45, 7) is 5.67. The number of carbonyl (C=O) groups excluding carboxylic acids is 1. The van der Waals surface area contributed by atoms with Crippen LogP contribution in [0.25, 0.3) is 0 Å². The first-order valence-corrected chi connectivity index (χ1v) is 13.1. The van der Waals surface area contributed by atoms with Crippen molar-refractivity contribution in [3.8, 4) is 17.7 Å². The number of ether oxygens (including phenoxy) is 1. The summed E-state index contributed by atoms with van der Waals surface area (Å²) in [7, 11) is 2.04. The number of nitrogens with zero attached hydrogens (tertiary/aromatic N) is 4. The third kappa shape index (κ3) is 6.63. The van der Waals surface area contributed by atoms with Gasteiger partial charge >= 0.3 is 0 Å². The number of likely N-dealkylation sites (N-methyl/N-ethyl adjacent to an activating group) is 1. The molecule has 7 nitrogen and oxygen atoms in total. The molecule has 1 saturated carbocycles. The molecule has 3 atom stereocenters. The van der Waals surface area contributed by atoms with Crippen LogP contribution in [-0.2, 0) is 6.54 Å². The van der Waals surface area contributed by atoms with E-state index in [4.69, 9.17) is 4.74 Å². The second-order valence-corrected chi connectivity index (χ2v) is 10.4. The minimum atomic E-state index is -0.310. The number of fused-ring (bicyclic) bond motifs is 1. The van der Waals surface area contributed by atoms with Gasteiger partial charge in [-0.2, -0.15) is 0 Å². The Morgan fingerprint density at radius 3 is 2.81 bits per heavy atom. The Hall–Kier alpha value is -2.95. The van der Waals surface area contributed by atoms with Crippen molar-refractivity contribution >= 4 is 5.91 Å². The number of pyridine rings is 2. The first kappa shape index (κ1) is 26.1. The van der Waals surface area contributed by atoms with E-state index in [0.29, 0.717) is 37.0 Å². The number of hydrogen-bond acceptors (Lipinski definition) is 6. The minimum Gasteiger partial charge on any atom is -0.472 e. The lowest BCUT2D eigenvalue weighted by Gasteiger charge is -2.37. The molecule has 0 radical (unpaired) electrons. The van der Waals surface area contributed by atoms with Gasteiger partial charge in [-0.05, 0) is 50.9 Å². The normalized spacial score (nSPS) is 21.2. The molecule has 0 aromatic carbocycles. The predicted octanol–water partition coefficient (Wildman–Crippen LogP) is 3.76. The molecule has 36 heavy (non-hydrogen) atoms. The van der Waals surface area contributed by atoms with E-state index in [0.717, 1.165) is 17.7 Å². The molecule has 2 aliphatic rings. The zero-order chi connectivity index (χ0) is 25.5. The smallest absolute Gasteiger partial charge is 0.259 e. The van der Waals surface area contributed by atoms with Gasteiger partial charge in [0.15, 0.2) is 0 Å².